The summed E-state index contributed by atoms with van der Waals surface area (Å²) >= 11 is 0. The van der Waals surface area contributed by atoms with Crippen molar-refractivity contribution in [2.45, 2.75) is 13.0 Å². The molecule has 4 rings (SSSR count). The lowest BCUT2D eigenvalue weighted by atomic mass is 9.98. The van der Waals surface area contributed by atoms with Crippen molar-refractivity contribution in [2.75, 3.05) is 27.2 Å². The summed E-state index contributed by atoms with van der Waals surface area (Å²) in [6.07, 6.45) is 0. The fourth-order valence-corrected chi connectivity index (χ4v) is 3.68. The van der Waals surface area contributed by atoms with E-state index in [0.29, 0.717) is 29.6 Å². The number of hydrogen-bond acceptors (Lipinski definition) is 5. The minimum atomic E-state index is -0.538. The Hall–Kier alpha value is -3.12. The van der Waals surface area contributed by atoms with Crippen LogP contribution in [0.2, 0.25) is 0 Å². The zero-order valence-corrected chi connectivity index (χ0v) is 16.1. The van der Waals surface area contributed by atoms with Gasteiger partial charge in [0, 0.05) is 13.1 Å². The van der Waals surface area contributed by atoms with Crippen LogP contribution >= 0.6 is 0 Å². The molecule has 0 fully saturated rings. The number of amides is 1. The minimum Gasteiger partial charge on any atom is -0.508 e. The highest BCUT2D eigenvalue weighted by molar-refractivity contribution is 5.99. The number of benzene rings is 2. The fourth-order valence-electron chi connectivity index (χ4n) is 3.68. The molecule has 0 saturated carbocycles. The van der Waals surface area contributed by atoms with Gasteiger partial charge in [0.05, 0.1) is 17.0 Å². The summed E-state index contributed by atoms with van der Waals surface area (Å²) in [5.74, 6) is -0.0398. The molecule has 1 amide bonds. The second kappa shape index (κ2) is 6.80. The number of phenols is 1. The van der Waals surface area contributed by atoms with Crippen molar-refractivity contribution < 1.29 is 14.3 Å². The summed E-state index contributed by atoms with van der Waals surface area (Å²) in [4.78, 5) is 30.2. The Kier molecular flexibility index (Phi) is 4.43. The van der Waals surface area contributed by atoms with Crippen LogP contribution in [-0.4, -0.2) is 48.0 Å². The molecule has 2 aromatic carbocycles. The van der Waals surface area contributed by atoms with Gasteiger partial charge in [-0.3, -0.25) is 9.59 Å². The predicted molar refractivity (Wildman–Crippen MR) is 107 cm³/mol. The first-order chi connectivity index (χ1) is 13.4. The SMILES string of the molecule is Cc1ccc2oc3c(c(=O)c2c1)C(c1ccc(O)cc1)N(CCN(C)C)C3=O. The van der Waals surface area contributed by atoms with E-state index < -0.39 is 6.04 Å². The zero-order chi connectivity index (χ0) is 20.0. The monoisotopic (exact) mass is 378 g/mol. The molecule has 1 unspecified atom stereocenters. The van der Waals surface area contributed by atoms with Crippen molar-refractivity contribution in [2.24, 2.45) is 0 Å². The van der Waals surface area contributed by atoms with Gasteiger partial charge in [0.25, 0.3) is 5.91 Å². The van der Waals surface area contributed by atoms with Gasteiger partial charge in [0.15, 0.2) is 5.43 Å². The van der Waals surface area contributed by atoms with Crippen LogP contribution in [0.1, 0.15) is 33.3 Å². The van der Waals surface area contributed by atoms with Crippen LogP contribution in [0.15, 0.2) is 51.7 Å². The molecule has 0 aliphatic carbocycles. The molecular weight excluding hydrogens is 356 g/mol. The van der Waals surface area contributed by atoms with E-state index in [4.69, 9.17) is 4.42 Å². The smallest absolute Gasteiger partial charge is 0.290 e. The van der Waals surface area contributed by atoms with Crippen molar-refractivity contribution in [3.05, 3.63) is 75.1 Å². The van der Waals surface area contributed by atoms with Gasteiger partial charge in [0.2, 0.25) is 5.76 Å². The summed E-state index contributed by atoms with van der Waals surface area (Å²) in [7, 11) is 3.87. The first-order valence-electron chi connectivity index (χ1n) is 9.19. The van der Waals surface area contributed by atoms with E-state index in [9.17, 15) is 14.7 Å². The number of rotatable bonds is 4. The standard InChI is InChI=1S/C22H22N2O4/c1-13-4-9-17-16(12-13)20(26)18-19(14-5-7-15(25)8-6-14)24(11-10-23(2)3)22(27)21(18)28-17/h4-9,12,19,25H,10-11H2,1-3H3. The second-order valence-electron chi connectivity index (χ2n) is 7.47. The van der Waals surface area contributed by atoms with Gasteiger partial charge in [-0.05, 0) is 50.8 Å². The Labute approximate surface area is 162 Å². The lowest BCUT2D eigenvalue weighted by Crippen LogP contribution is -2.35. The quantitative estimate of drug-likeness (QED) is 0.756. The molecule has 3 aromatic rings. The molecule has 2 heterocycles. The first-order valence-corrected chi connectivity index (χ1v) is 9.19. The van der Waals surface area contributed by atoms with Gasteiger partial charge in [0.1, 0.15) is 11.3 Å². The average Bonchev–Trinajstić information content (AvgIpc) is 2.94. The van der Waals surface area contributed by atoms with Crippen LogP contribution in [0.3, 0.4) is 0 Å². The molecule has 0 bridgehead atoms. The third-order valence-corrected chi connectivity index (χ3v) is 5.12. The highest BCUT2D eigenvalue weighted by Crippen LogP contribution is 2.38. The maximum Gasteiger partial charge on any atom is 0.290 e. The molecule has 0 saturated heterocycles. The molecule has 0 spiro atoms. The molecular formula is C22H22N2O4. The first kappa shape index (κ1) is 18.3. The van der Waals surface area contributed by atoms with E-state index in [-0.39, 0.29) is 22.8 Å². The molecule has 1 N–H and O–H groups in total. The Balaban J connectivity index is 1.94. The van der Waals surface area contributed by atoms with Gasteiger partial charge < -0.3 is 19.3 Å². The number of fused-ring (bicyclic) bond motifs is 2. The number of hydrogen-bond donors (Lipinski definition) is 1. The molecule has 28 heavy (non-hydrogen) atoms. The van der Waals surface area contributed by atoms with E-state index in [0.717, 1.165) is 11.1 Å². The lowest BCUT2D eigenvalue weighted by Gasteiger charge is -2.26. The molecule has 1 atom stereocenters. The average molecular weight is 378 g/mol. The third kappa shape index (κ3) is 2.96. The third-order valence-electron chi connectivity index (χ3n) is 5.12. The summed E-state index contributed by atoms with van der Waals surface area (Å²) in [5.41, 5.74) is 2.32. The molecule has 6 heteroatoms. The lowest BCUT2D eigenvalue weighted by molar-refractivity contribution is 0.0716. The van der Waals surface area contributed by atoms with Gasteiger partial charge >= 0.3 is 0 Å². The van der Waals surface area contributed by atoms with Crippen molar-refractivity contribution in [1.29, 1.82) is 0 Å². The summed E-state index contributed by atoms with van der Waals surface area (Å²) in [6, 6.07) is 11.5. The number of carbonyl (C=O) groups is 1. The molecule has 144 valence electrons. The normalized spacial score (nSPS) is 16.2. The number of nitrogens with zero attached hydrogens (tertiary/aromatic N) is 2. The van der Waals surface area contributed by atoms with E-state index in [2.05, 4.69) is 0 Å². The van der Waals surface area contributed by atoms with Crippen LogP contribution in [0.4, 0.5) is 0 Å². The zero-order valence-electron chi connectivity index (χ0n) is 16.1. The fraction of sp³-hybridized carbons (Fsp3) is 0.273. The number of likely N-dealkylation sites (N-methyl/N-ethyl adjacent to an activating group) is 1. The Morgan fingerprint density at radius 1 is 1.11 bits per heavy atom. The largest absolute Gasteiger partial charge is 0.508 e. The number of carbonyl (C=O) groups excluding carboxylic acids is 1. The Morgan fingerprint density at radius 2 is 1.82 bits per heavy atom. The van der Waals surface area contributed by atoms with Gasteiger partial charge in [-0.2, -0.15) is 0 Å². The van der Waals surface area contributed by atoms with E-state index >= 15 is 0 Å². The van der Waals surface area contributed by atoms with Crippen molar-refractivity contribution in [1.82, 2.24) is 9.80 Å². The molecule has 1 aliphatic heterocycles. The van der Waals surface area contributed by atoms with E-state index in [1.54, 1.807) is 41.3 Å². The van der Waals surface area contributed by atoms with E-state index in [1.807, 2.05) is 32.0 Å². The predicted octanol–water partition coefficient (Wildman–Crippen LogP) is 2.91. The summed E-state index contributed by atoms with van der Waals surface area (Å²) < 4.78 is 5.91. The maximum absolute atomic E-state index is 13.4. The topological polar surface area (TPSA) is 74.0 Å². The highest BCUT2D eigenvalue weighted by atomic mass is 16.3. The molecule has 1 aromatic heterocycles. The van der Waals surface area contributed by atoms with Crippen LogP contribution < -0.4 is 5.43 Å². The summed E-state index contributed by atoms with van der Waals surface area (Å²) in [5, 5.41) is 10.1. The van der Waals surface area contributed by atoms with Gasteiger partial charge in [-0.1, -0.05) is 23.8 Å². The number of aromatic hydroxyl groups is 1. The molecule has 6 nitrogen and oxygen atoms in total. The Bertz CT molecular complexity index is 1120. The van der Waals surface area contributed by atoms with Gasteiger partial charge in [-0.25, -0.2) is 0 Å². The van der Waals surface area contributed by atoms with Crippen LogP contribution in [0.25, 0.3) is 11.0 Å². The van der Waals surface area contributed by atoms with Crippen molar-refractivity contribution in [3.63, 3.8) is 0 Å². The molecule has 0 radical (unpaired) electrons. The van der Waals surface area contributed by atoms with Crippen molar-refractivity contribution in [3.8, 4) is 5.75 Å². The molecule has 1 aliphatic rings. The van der Waals surface area contributed by atoms with Crippen molar-refractivity contribution >= 4 is 16.9 Å². The highest BCUT2D eigenvalue weighted by Gasteiger charge is 2.42. The summed E-state index contributed by atoms with van der Waals surface area (Å²) in [6.45, 7) is 3.02. The van der Waals surface area contributed by atoms with Gasteiger partial charge in [-0.15, -0.1) is 0 Å². The van der Waals surface area contributed by atoms with Crippen LogP contribution in [0, 0.1) is 6.92 Å². The number of phenolic OH excluding ortho intramolecular Hbond substituents is 1. The van der Waals surface area contributed by atoms with Crippen LogP contribution in [-0.2, 0) is 0 Å². The van der Waals surface area contributed by atoms with Crippen LogP contribution in [0.5, 0.6) is 5.75 Å². The number of aryl methyl sites for hydroxylation is 1. The van der Waals surface area contributed by atoms with E-state index in [1.165, 1.54) is 0 Å². The Morgan fingerprint density at radius 3 is 2.50 bits per heavy atom. The second-order valence-corrected chi connectivity index (χ2v) is 7.47. The minimum absolute atomic E-state index is 0.109. The maximum atomic E-state index is 13.4.